The Hall–Kier alpha value is -1.99. The average molecular weight is 419 g/mol. The van der Waals surface area contributed by atoms with Gasteiger partial charge in [-0.1, -0.05) is 48.3 Å². The van der Waals surface area contributed by atoms with Gasteiger partial charge >= 0.3 is 0 Å². The van der Waals surface area contributed by atoms with E-state index in [0.29, 0.717) is 22.6 Å². The molecule has 2 fully saturated rings. The molecule has 1 aromatic heterocycles. The molecule has 148 valence electrons. The minimum atomic E-state index is -0.408. The summed E-state index contributed by atoms with van der Waals surface area (Å²) in [5, 5.41) is 13.4. The fraction of sp³-hybridized carbons (Fsp3) is 0.500. The number of halogens is 1. The van der Waals surface area contributed by atoms with Gasteiger partial charge in [0.25, 0.3) is 0 Å². The lowest BCUT2D eigenvalue weighted by Gasteiger charge is -2.18. The van der Waals surface area contributed by atoms with E-state index in [1.54, 1.807) is 11.0 Å². The summed E-state index contributed by atoms with van der Waals surface area (Å²) in [6, 6.07) is 5.52. The van der Waals surface area contributed by atoms with E-state index in [1.807, 2.05) is 19.1 Å². The first-order valence-corrected chi connectivity index (χ1v) is 10.9. The molecule has 0 bridgehead atoms. The summed E-state index contributed by atoms with van der Waals surface area (Å²) >= 11 is 7.64. The number of benzene rings is 1. The highest BCUT2D eigenvalue weighted by Gasteiger charge is 2.35. The van der Waals surface area contributed by atoms with Crippen molar-refractivity contribution < 1.29 is 9.59 Å². The van der Waals surface area contributed by atoms with Crippen LogP contribution in [0.25, 0.3) is 0 Å². The molecule has 1 aromatic carbocycles. The lowest BCUT2D eigenvalue weighted by Crippen LogP contribution is -2.28. The van der Waals surface area contributed by atoms with E-state index in [2.05, 4.69) is 15.5 Å². The molecule has 2 heterocycles. The van der Waals surface area contributed by atoms with Crippen molar-refractivity contribution in [1.82, 2.24) is 10.2 Å². The second kappa shape index (κ2) is 8.17. The van der Waals surface area contributed by atoms with Gasteiger partial charge in [-0.05, 0) is 37.5 Å². The van der Waals surface area contributed by atoms with Crippen molar-refractivity contribution in [1.29, 1.82) is 0 Å². The van der Waals surface area contributed by atoms with Crippen LogP contribution in [0.1, 0.15) is 55.0 Å². The lowest BCUT2D eigenvalue weighted by molar-refractivity contribution is -0.122. The molecule has 0 spiro atoms. The summed E-state index contributed by atoms with van der Waals surface area (Å²) in [5.74, 6) is -0.193. The second-order valence-electron chi connectivity index (χ2n) is 7.61. The summed E-state index contributed by atoms with van der Waals surface area (Å²) in [6.45, 7) is 2.26. The maximum absolute atomic E-state index is 12.7. The molecule has 1 aliphatic carbocycles. The van der Waals surface area contributed by atoms with Gasteiger partial charge in [0.1, 0.15) is 5.01 Å². The Morgan fingerprint density at radius 3 is 2.79 bits per heavy atom. The summed E-state index contributed by atoms with van der Waals surface area (Å²) in [4.78, 5) is 26.7. The van der Waals surface area contributed by atoms with E-state index < -0.39 is 5.92 Å². The number of anilines is 2. The molecule has 4 rings (SSSR count). The first-order chi connectivity index (χ1) is 13.5. The highest BCUT2D eigenvalue weighted by Crippen LogP contribution is 2.35. The Morgan fingerprint density at radius 1 is 1.25 bits per heavy atom. The largest absolute Gasteiger partial charge is 0.312 e. The highest BCUT2D eigenvalue weighted by atomic mass is 35.5. The molecule has 1 saturated carbocycles. The van der Waals surface area contributed by atoms with Crippen LogP contribution in [0.2, 0.25) is 5.02 Å². The minimum absolute atomic E-state index is 0.0692. The van der Waals surface area contributed by atoms with E-state index in [4.69, 9.17) is 11.6 Å². The predicted molar refractivity (Wildman–Crippen MR) is 111 cm³/mol. The van der Waals surface area contributed by atoms with Gasteiger partial charge in [-0.25, -0.2) is 0 Å². The molecule has 1 atom stereocenters. The number of hydrogen-bond acceptors (Lipinski definition) is 5. The lowest BCUT2D eigenvalue weighted by atomic mass is 9.90. The van der Waals surface area contributed by atoms with Crippen LogP contribution in [0.4, 0.5) is 10.8 Å². The predicted octanol–water partition coefficient (Wildman–Crippen LogP) is 4.54. The Kier molecular flexibility index (Phi) is 5.64. The zero-order valence-electron chi connectivity index (χ0n) is 15.8. The van der Waals surface area contributed by atoms with Crippen molar-refractivity contribution in [2.45, 2.75) is 51.4 Å². The highest BCUT2D eigenvalue weighted by molar-refractivity contribution is 7.15. The number of nitrogens with one attached hydrogen (secondary N) is 1. The van der Waals surface area contributed by atoms with Gasteiger partial charge in [-0.2, -0.15) is 0 Å². The number of hydrogen-bond donors (Lipinski definition) is 1. The number of carbonyl (C=O) groups is 2. The van der Waals surface area contributed by atoms with Crippen LogP contribution in [0, 0.1) is 12.8 Å². The molecular formula is C20H23ClN4O2S. The number of aromatic nitrogens is 2. The normalized spacial score (nSPS) is 20.6. The van der Waals surface area contributed by atoms with Crippen molar-refractivity contribution in [2.24, 2.45) is 5.92 Å². The first kappa shape index (κ1) is 19.3. The number of carbonyl (C=O) groups excluding carboxylic acids is 2. The Balaban J connectivity index is 1.39. The quantitative estimate of drug-likeness (QED) is 0.790. The minimum Gasteiger partial charge on any atom is -0.312 e. The van der Waals surface area contributed by atoms with Crippen molar-refractivity contribution in [3.63, 3.8) is 0 Å². The van der Waals surface area contributed by atoms with Gasteiger partial charge in [0.2, 0.25) is 16.9 Å². The molecule has 1 aliphatic heterocycles. The molecule has 8 heteroatoms. The summed E-state index contributed by atoms with van der Waals surface area (Å²) in [6.07, 6.45) is 6.23. The van der Waals surface area contributed by atoms with Crippen molar-refractivity contribution in [2.75, 3.05) is 16.8 Å². The van der Waals surface area contributed by atoms with E-state index in [0.717, 1.165) is 29.1 Å². The van der Waals surface area contributed by atoms with E-state index >= 15 is 0 Å². The van der Waals surface area contributed by atoms with Crippen LogP contribution in [0.15, 0.2) is 18.2 Å². The van der Waals surface area contributed by atoms with Crippen LogP contribution in [0.5, 0.6) is 0 Å². The van der Waals surface area contributed by atoms with E-state index in [-0.39, 0.29) is 18.2 Å². The fourth-order valence-electron chi connectivity index (χ4n) is 3.89. The molecule has 2 aromatic rings. The number of amides is 2. The van der Waals surface area contributed by atoms with Crippen molar-refractivity contribution in [3.8, 4) is 0 Å². The number of rotatable bonds is 4. The SMILES string of the molecule is Cc1ccc(N2CC(C(=O)Nc3nnc(C4CCCCC4)s3)CC2=O)cc1Cl. The molecule has 28 heavy (non-hydrogen) atoms. The van der Waals surface area contributed by atoms with Crippen LogP contribution >= 0.6 is 22.9 Å². The Bertz CT molecular complexity index is 894. The van der Waals surface area contributed by atoms with Gasteiger partial charge in [-0.15, -0.1) is 10.2 Å². The van der Waals surface area contributed by atoms with Crippen LogP contribution in [-0.4, -0.2) is 28.6 Å². The number of nitrogens with zero attached hydrogens (tertiary/aromatic N) is 3. The molecule has 1 unspecified atom stereocenters. The van der Waals surface area contributed by atoms with Gasteiger partial charge < -0.3 is 10.2 Å². The fourth-order valence-corrected chi connectivity index (χ4v) is 4.98. The van der Waals surface area contributed by atoms with Crippen LogP contribution < -0.4 is 10.2 Å². The zero-order chi connectivity index (χ0) is 19.7. The van der Waals surface area contributed by atoms with E-state index in [9.17, 15) is 9.59 Å². The monoisotopic (exact) mass is 418 g/mol. The maximum atomic E-state index is 12.7. The van der Waals surface area contributed by atoms with E-state index in [1.165, 1.54) is 30.6 Å². The summed E-state index contributed by atoms with van der Waals surface area (Å²) in [5.41, 5.74) is 1.68. The molecule has 6 nitrogen and oxygen atoms in total. The third-order valence-corrected chi connectivity index (χ3v) is 7.00. The molecule has 1 N–H and O–H groups in total. The van der Waals surface area contributed by atoms with Crippen LogP contribution in [-0.2, 0) is 9.59 Å². The molecule has 0 radical (unpaired) electrons. The summed E-state index contributed by atoms with van der Waals surface area (Å²) < 4.78 is 0. The summed E-state index contributed by atoms with van der Waals surface area (Å²) in [7, 11) is 0. The molecule has 2 amide bonds. The van der Waals surface area contributed by atoms with Crippen molar-refractivity contribution >= 4 is 45.6 Å². The third kappa shape index (κ3) is 4.05. The van der Waals surface area contributed by atoms with Gasteiger partial charge in [0.05, 0.1) is 5.92 Å². The third-order valence-electron chi connectivity index (χ3n) is 5.59. The Labute approximate surface area is 173 Å². The maximum Gasteiger partial charge on any atom is 0.231 e. The molecular weight excluding hydrogens is 396 g/mol. The topological polar surface area (TPSA) is 75.2 Å². The number of aryl methyl sites for hydroxylation is 1. The standard InChI is InChI=1S/C20H23ClN4O2S/c1-12-7-8-15(10-16(12)21)25-11-14(9-17(25)26)18(27)22-20-24-23-19(28-20)13-5-3-2-4-6-13/h7-8,10,13-14H,2-6,9,11H2,1H3,(H,22,24,27). The van der Waals surface area contributed by atoms with Crippen molar-refractivity contribution in [3.05, 3.63) is 33.8 Å². The molecule has 2 aliphatic rings. The Morgan fingerprint density at radius 2 is 2.04 bits per heavy atom. The zero-order valence-corrected chi connectivity index (χ0v) is 17.4. The smallest absolute Gasteiger partial charge is 0.231 e. The molecule has 1 saturated heterocycles. The van der Waals surface area contributed by atoms with Gasteiger partial charge in [-0.3, -0.25) is 9.59 Å². The second-order valence-corrected chi connectivity index (χ2v) is 9.02. The van der Waals surface area contributed by atoms with Gasteiger partial charge in [0, 0.05) is 29.6 Å². The average Bonchev–Trinajstić information content (AvgIpc) is 3.31. The van der Waals surface area contributed by atoms with Gasteiger partial charge in [0.15, 0.2) is 0 Å². The van der Waals surface area contributed by atoms with Crippen LogP contribution in [0.3, 0.4) is 0 Å². The first-order valence-electron chi connectivity index (χ1n) is 9.72.